The van der Waals surface area contributed by atoms with Gasteiger partial charge in [0.15, 0.2) is 0 Å². The number of sulfonamides is 1. The maximum atomic E-state index is 13.3. The fourth-order valence-corrected chi connectivity index (χ4v) is 3.15. The van der Waals surface area contributed by atoms with Gasteiger partial charge in [-0.1, -0.05) is 30.3 Å². The van der Waals surface area contributed by atoms with Crippen LogP contribution in [0.2, 0.25) is 0 Å². The van der Waals surface area contributed by atoms with Crippen molar-refractivity contribution < 1.29 is 17.9 Å². The molecule has 0 fully saturated rings. The van der Waals surface area contributed by atoms with Crippen molar-refractivity contribution in [3.8, 4) is 0 Å². The van der Waals surface area contributed by atoms with Crippen molar-refractivity contribution in [1.29, 1.82) is 0 Å². The molecule has 2 aromatic carbocycles. The van der Waals surface area contributed by atoms with E-state index in [-0.39, 0.29) is 17.0 Å². The van der Waals surface area contributed by atoms with Gasteiger partial charge >= 0.3 is 0 Å². The molecule has 0 aliphatic heterocycles. The summed E-state index contributed by atoms with van der Waals surface area (Å²) in [5, 5.41) is 9.03. The summed E-state index contributed by atoms with van der Waals surface area (Å²) in [5.41, 5.74) is 0.817. The number of halogens is 1. The molecule has 4 nitrogen and oxygen atoms in total. The van der Waals surface area contributed by atoms with E-state index < -0.39 is 22.4 Å². The Morgan fingerprint density at radius 2 is 1.81 bits per heavy atom. The first kappa shape index (κ1) is 15.6. The number of aliphatic hydroxyl groups is 1. The Bertz CT molecular complexity index is 717. The fourth-order valence-electron chi connectivity index (χ4n) is 1.94. The molecule has 0 aliphatic rings. The first-order chi connectivity index (χ1) is 9.95. The number of rotatable bonds is 5. The van der Waals surface area contributed by atoms with Crippen LogP contribution in [0.15, 0.2) is 53.4 Å². The SMILES string of the molecule is CN(Cc1ccccc1)S(=O)(=O)c1ccc(F)c(CO)c1. The molecule has 0 amide bonds. The highest BCUT2D eigenvalue weighted by molar-refractivity contribution is 7.89. The van der Waals surface area contributed by atoms with Gasteiger partial charge in [-0.15, -0.1) is 0 Å². The third-order valence-corrected chi connectivity index (χ3v) is 4.94. The van der Waals surface area contributed by atoms with Crippen LogP contribution in [0.25, 0.3) is 0 Å². The van der Waals surface area contributed by atoms with Crippen LogP contribution in [0.3, 0.4) is 0 Å². The van der Waals surface area contributed by atoms with Crippen molar-refractivity contribution in [1.82, 2.24) is 4.31 Å². The molecular formula is C15H16FNO3S. The topological polar surface area (TPSA) is 57.6 Å². The lowest BCUT2D eigenvalue weighted by Crippen LogP contribution is -2.26. The van der Waals surface area contributed by atoms with E-state index >= 15 is 0 Å². The summed E-state index contributed by atoms with van der Waals surface area (Å²) in [5.74, 6) is -0.623. The summed E-state index contributed by atoms with van der Waals surface area (Å²) in [6.07, 6.45) is 0. The van der Waals surface area contributed by atoms with Gasteiger partial charge in [0.2, 0.25) is 10.0 Å². The molecule has 0 atom stereocenters. The van der Waals surface area contributed by atoms with E-state index in [9.17, 15) is 12.8 Å². The van der Waals surface area contributed by atoms with Crippen molar-refractivity contribution in [3.05, 3.63) is 65.5 Å². The number of hydrogen-bond acceptors (Lipinski definition) is 3. The number of aliphatic hydroxyl groups excluding tert-OH is 1. The Morgan fingerprint density at radius 1 is 1.14 bits per heavy atom. The van der Waals surface area contributed by atoms with E-state index in [1.807, 2.05) is 30.3 Å². The Balaban J connectivity index is 2.29. The van der Waals surface area contributed by atoms with Gasteiger partial charge in [0, 0.05) is 19.2 Å². The minimum Gasteiger partial charge on any atom is -0.392 e. The van der Waals surface area contributed by atoms with Crippen molar-refractivity contribution in [2.75, 3.05) is 7.05 Å². The average molecular weight is 309 g/mol. The largest absolute Gasteiger partial charge is 0.392 e. The number of nitrogens with zero attached hydrogens (tertiary/aromatic N) is 1. The Labute approximate surface area is 123 Å². The Morgan fingerprint density at radius 3 is 2.43 bits per heavy atom. The second-order valence-electron chi connectivity index (χ2n) is 4.66. The molecule has 0 aromatic heterocycles. The van der Waals surface area contributed by atoms with Gasteiger partial charge in [0.05, 0.1) is 11.5 Å². The average Bonchev–Trinajstić information content (AvgIpc) is 2.48. The van der Waals surface area contributed by atoms with Crippen LogP contribution in [-0.2, 0) is 23.2 Å². The predicted molar refractivity (Wildman–Crippen MR) is 77.4 cm³/mol. The van der Waals surface area contributed by atoms with Gasteiger partial charge in [-0.25, -0.2) is 12.8 Å². The first-order valence-corrected chi connectivity index (χ1v) is 7.78. The Kier molecular flexibility index (Phi) is 4.72. The van der Waals surface area contributed by atoms with Crippen LogP contribution in [0.4, 0.5) is 4.39 Å². The van der Waals surface area contributed by atoms with Crippen LogP contribution in [0, 0.1) is 5.82 Å². The molecule has 0 aliphatic carbocycles. The van der Waals surface area contributed by atoms with Crippen molar-refractivity contribution in [3.63, 3.8) is 0 Å². The van der Waals surface area contributed by atoms with E-state index in [0.717, 1.165) is 17.7 Å². The molecule has 21 heavy (non-hydrogen) atoms. The molecule has 0 heterocycles. The van der Waals surface area contributed by atoms with Crippen molar-refractivity contribution >= 4 is 10.0 Å². The van der Waals surface area contributed by atoms with Crippen LogP contribution in [0.1, 0.15) is 11.1 Å². The fraction of sp³-hybridized carbons (Fsp3) is 0.200. The highest BCUT2D eigenvalue weighted by atomic mass is 32.2. The molecule has 0 radical (unpaired) electrons. The van der Waals surface area contributed by atoms with Gasteiger partial charge in [0.1, 0.15) is 5.82 Å². The summed E-state index contributed by atoms with van der Waals surface area (Å²) in [6, 6.07) is 12.6. The van der Waals surface area contributed by atoms with Crippen LogP contribution in [-0.4, -0.2) is 24.9 Å². The summed E-state index contributed by atoms with van der Waals surface area (Å²) in [4.78, 5) is -0.0358. The molecule has 2 aromatic rings. The highest BCUT2D eigenvalue weighted by Gasteiger charge is 2.22. The van der Waals surface area contributed by atoms with E-state index in [1.165, 1.54) is 17.4 Å². The molecule has 112 valence electrons. The molecule has 6 heteroatoms. The standard InChI is InChI=1S/C15H16FNO3S/c1-17(10-12-5-3-2-4-6-12)21(19,20)14-7-8-15(16)13(9-14)11-18/h2-9,18H,10-11H2,1H3. The molecular weight excluding hydrogens is 293 g/mol. The number of hydrogen-bond donors (Lipinski definition) is 1. The van der Waals surface area contributed by atoms with Crippen LogP contribution >= 0.6 is 0 Å². The zero-order valence-corrected chi connectivity index (χ0v) is 12.3. The third-order valence-electron chi connectivity index (χ3n) is 3.14. The highest BCUT2D eigenvalue weighted by Crippen LogP contribution is 2.20. The Hall–Kier alpha value is -1.76. The lowest BCUT2D eigenvalue weighted by atomic mass is 10.2. The second-order valence-corrected chi connectivity index (χ2v) is 6.70. The molecule has 0 spiro atoms. The van der Waals surface area contributed by atoms with Crippen LogP contribution in [0.5, 0.6) is 0 Å². The number of benzene rings is 2. The molecule has 0 saturated heterocycles. The third kappa shape index (κ3) is 3.47. The van der Waals surface area contributed by atoms with Gasteiger partial charge in [-0.2, -0.15) is 4.31 Å². The summed E-state index contributed by atoms with van der Waals surface area (Å²) in [6.45, 7) is -0.327. The minimum atomic E-state index is -3.73. The zero-order valence-electron chi connectivity index (χ0n) is 11.5. The molecule has 0 saturated carbocycles. The van der Waals surface area contributed by atoms with Gasteiger partial charge in [-0.05, 0) is 23.8 Å². The van der Waals surface area contributed by atoms with Gasteiger partial charge in [-0.3, -0.25) is 0 Å². The predicted octanol–water partition coefficient (Wildman–Crippen LogP) is 2.14. The van der Waals surface area contributed by atoms with E-state index in [4.69, 9.17) is 5.11 Å². The lowest BCUT2D eigenvalue weighted by Gasteiger charge is -2.17. The van der Waals surface area contributed by atoms with Gasteiger partial charge in [0.25, 0.3) is 0 Å². The maximum absolute atomic E-state index is 13.3. The quantitative estimate of drug-likeness (QED) is 0.920. The molecule has 0 bridgehead atoms. The minimum absolute atomic E-state index is 0.0358. The smallest absolute Gasteiger partial charge is 0.243 e. The molecule has 0 unspecified atom stereocenters. The van der Waals surface area contributed by atoms with Crippen molar-refractivity contribution in [2.45, 2.75) is 18.0 Å². The second kappa shape index (κ2) is 6.34. The van der Waals surface area contributed by atoms with Crippen molar-refractivity contribution in [2.24, 2.45) is 0 Å². The normalized spacial score (nSPS) is 11.8. The molecule has 1 N–H and O–H groups in total. The maximum Gasteiger partial charge on any atom is 0.243 e. The van der Waals surface area contributed by atoms with Crippen LogP contribution < -0.4 is 0 Å². The summed E-state index contributed by atoms with van der Waals surface area (Å²) < 4.78 is 39.4. The monoisotopic (exact) mass is 309 g/mol. The zero-order chi connectivity index (χ0) is 15.5. The van der Waals surface area contributed by atoms with E-state index in [1.54, 1.807) is 0 Å². The van der Waals surface area contributed by atoms with E-state index in [0.29, 0.717) is 0 Å². The molecule has 2 rings (SSSR count). The lowest BCUT2D eigenvalue weighted by molar-refractivity contribution is 0.275. The van der Waals surface area contributed by atoms with E-state index in [2.05, 4.69) is 0 Å². The first-order valence-electron chi connectivity index (χ1n) is 6.34. The summed E-state index contributed by atoms with van der Waals surface area (Å²) >= 11 is 0. The summed E-state index contributed by atoms with van der Waals surface area (Å²) in [7, 11) is -2.27. The van der Waals surface area contributed by atoms with Gasteiger partial charge < -0.3 is 5.11 Å².